The number of carbonyl (C=O) groups excluding carboxylic acids is 2. The van der Waals surface area contributed by atoms with Crippen LogP contribution in [0.25, 0.3) is 5.69 Å². The number of hydrogen-bond donors (Lipinski definition) is 2. The van der Waals surface area contributed by atoms with E-state index in [1.165, 1.54) is 6.21 Å². The Hall–Kier alpha value is -3.09. The lowest BCUT2D eigenvalue weighted by Gasteiger charge is -2.13. The topological polar surface area (TPSA) is 75.5 Å². The average molecular weight is 457 g/mol. The molecule has 3 aromatic rings. The molecule has 0 radical (unpaired) electrons. The molecule has 0 saturated carbocycles. The Morgan fingerprint density at radius 2 is 1.65 bits per heavy atom. The maximum Gasteiger partial charge on any atom is 0.329 e. The zero-order chi connectivity index (χ0) is 22.5. The third-order valence-corrected chi connectivity index (χ3v) is 5.24. The number of hydrazone groups is 1. The molecule has 3 rings (SSSR count). The number of hydrogen-bond acceptors (Lipinski definition) is 3. The summed E-state index contributed by atoms with van der Waals surface area (Å²) in [5.74, 6) is -1.60. The first-order valence-corrected chi connectivity index (χ1v) is 10.4. The second-order valence-corrected chi connectivity index (χ2v) is 7.97. The van der Waals surface area contributed by atoms with Crippen molar-refractivity contribution in [1.29, 1.82) is 0 Å². The second-order valence-electron chi connectivity index (χ2n) is 7.09. The van der Waals surface area contributed by atoms with Gasteiger partial charge in [0.1, 0.15) is 0 Å². The number of nitrogens with one attached hydrogen (secondary N) is 2. The van der Waals surface area contributed by atoms with Gasteiger partial charge in [-0.05, 0) is 50.6 Å². The summed E-state index contributed by atoms with van der Waals surface area (Å²) in [6, 6.07) is 16.3. The number of aromatic nitrogens is 1. The van der Waals surface area contributed by atoms with Gasteiger partial charge in [0.05, 0.1) is 12.3 Å². The van der Waals surface area contributed by atoms with Crippen LogP contribution in [0.15, 0.2) is 59.7 Å². The van der Waals surface area contributed by atoms with Crippen molar-refractivity contribution in [3.8, 4) is 5.69 Å². The molecular formula is C23H22Cl2N4O2. The van der Waals surface area contributed by atoms with E-state index in [4.69, 9.17) is 23.2 Å². The number of carbonyl (C=O) groups is 2. The zero-order valence-corrected chi connectivity index (χ0v) is 18.8. The molecular weight excluding hydrogens is 435 g/mol. The Kier molecular flexibility index (Phi) is 7.15. The van der Waals surface area contributed by atoms with Gasteiger partial charge in [-0.3, -0.25) is 9.59 Å². The van der Waals surface area contributed by atoms with Crippen LogP contribution in [0.4, 0.5) is 0 Å². The molecule has 0 saturated heterocycles. The Morgan fingerprint density at radius 3 is 2.29 bits per heavy atom. The maximum atomic E-state index is 12.1. The van der Waals surface area contributed by atoms with Gasteiger partial charge in [-0.15, -0.1) is 0 Å². The number of amides is 2. The highest BCUT2D eigenvalue weighted by atomic mass is 35.5. The van der Waals surface area contributed by atoms with Gasteiger partial charge in [-0.25, -0.2) is 5.43 Å². The van der Waals surface area contributed by atoms with Crippen molar-refractivity contribution < 1.29 is 9.59 Å². The molecule has 0 fully saturated rings. The Morgan fingerprint density at radius 1 is 1.00 bits per heavy atom. The van der Waals surface area contributed by atoms with E-state index >= 15 is 0 Å². The Bertz CT molecular complexity index is 1120. The van der Waals surface area contributed by atoms with Crippen molar-refractivity contribution in [2.24, 2.45) is 5.10 Å². The molecule has 6 nitrogen and oxygen atoms in total. The van der Waals surface area contributed by atoms with Crippen molar-refractivity contribution in [1.82, 2.24) is 15.3 Å². The minimum atomic E-state index is -0.838. The van der Waals surface area contributed by atoms with Gasteiger partial charge in [-0.1, -0.05) is 53.5 Å². The fourth-order valence-electron chi connectivity index (χ4n) is 3.28. The number of halogens is 2. The van der Waals surface area contributed by atoms with Gasteiger partial charge in [0.15, 0.2) is 0 Å². The minimum Gasteiger partial charge on any atom is -0.341 e. The highest BCUT2D eigenvalue weighted by molar-refractivity contribution is 6.35. The minimum absolute atomic E-state index is 0.299. The van der Waals surface area contributed by atoms with Crippen LogP contribution in [0, 0.1) is 13.8 Å². The summed E-state index contributed by atoms with van der Waals surface area (Å²) in [5, 5.41) is 7.65. The molecule has 2 aromatic carbocycles. The first-order valence-electron chi connectivity index (χ1n) is 9.60. The van der Waals surface area contributed by atoms with Crippen LogP contribution in [-0.4, -0.2) is 22.6 Å². The summed E-state index contributed by atoms with van der Waals surface area (Å²) in [6.45, 7) is 5.66. The quantitative estimate of drug-likeness (QED) is 0.330. The number of aryl methyl sites for hydroxylation is 1. The van der Waals surface area contributed by atoms with Crippen molar-refractivity contribution in [3.63, 3.8) is 0 Å². The normalized spacial score (nSPS) is 12.0. The molecule has 1 aromatic heterocycles. The third kappa shape index (κ3) is 5.54. The van der Waals surface area contributed by atoms with Crippen LogP contribution < -0.4 is 10.7 Å². The Labute approximate surface area is 190 Å². The van der Waals surface area contributed by atoms with E-state index in [-0.39, 0.29) is 6.04 Å². The van der Waals surface area contributed by atoms with Crippen LogP contribution >= 0.6 is 23.2 Å². The number of rotatable bonds is 5. The van der Waals surface area contributed by atoms with E-state index in [9.17, 15) is 9.59 Å². The van der Waals surface area contributed by atoms with Crippen LogP contribution in [0.1, 0.15) is 35.5 Å². The van der Waals surface area contributed by atoms with Gasteiger partial charge < -0.3 is 9.88 Å². The summed E-state index contributed by atoms with van der Waals surface area (Å²) in [4.78, 5) is 24.2. The zero-order valence-electron chi connectivity index (χ0n) is 17.3. The van der Waals surface area contributed by atoms with E-state index in [1.807, 2.05) is 66.9 Å². The molecule has 0 aliphatic carbocycles. The number of benzene rings is 2. The molecule has 8 heteroatoms. The second kappa shape index (κ2) is 9.81. The highest BCUT2D eigenvalue weighted by Crippen LogP contribution is 2.26. The lowest BCUT2D eigenvalue weighted by molar-refractivity contribution is -0.139. The summed E-state index contributed by atoms with van der Waals surface area (Å²) in [7, 11) is 0. The van der Waals surface area contributed by atoms with Gasteiger partial charge >= 0.3 is 11.8 Å². The SMILES string of the molecule is Cc1cc(/C=N\NC(=O)C(=O)N[C@@H](C)c2ccccc2)c(C)n1-c1cc(Cl)cc(Cl)c1. The van der Waals surface area contributed by atoms with Crippen LogP contribution in [0.2, 0.25) is 10.0 Å². The number of nitrogens with zero attached hydrogens (tertiary/aromatic N) is 2. The fourth-order valence-corrected chi connectivity index (χ4v) is 3.80. The molecule has 2 N–H and O–H groups in total. The molecule has 0 bridgehead atoms. The maximum absolute atomic E-state index is 12.1. The van der Waals surface area contributed by atoms with Crippen molar-refractivity contribution in [2.75, 3.05) is 0 Å². The lowest BCUT2D eigenvalue weighted by atomic mass is 10.1. The van der Waals surface area contributed by atoms with E-state index in [1.54, 1.807) is 13.0 Å². The fraction of sp³-hybridized carbons (Fsp3) is 0.174. The molecule has 0 aliphatic heterocycles. The average Bonchev–Trinajstić information content (AvgIpc) is 3.00. The molecule has 2 amide bonds. The molecule has 1 heterocycles. The standard InChI is InChI=1S/C23H22Cl2N4O2/c1-14-9-18(16(3)29(14)21-11-19(24)10-20(25)12-21)13-26-28-23(31)22(30)27-15(2)17-7-5-4-6-8-17/h4-13,15H,1-3H3,(H,27,30)(H,28,31)/b26-13-/t15-/m0/s1. The first-order chi connectivity index (χ1) is 14.8. The third-order valence-electron chi connectivity index (χ3n) is 4.80. The Balaban J connectivity index is 1.67. The summed E-state index contributed by atoms with van der Waals surface area (Å²) >= 11 is 12.3. The summed E-state index contributed by atoms with van der Waals surface area (Å²) < 4.78 is 1.98. The summed E-state index contributed by atoms with van der Waals surface area (Å²) in [5.41, 5.74) is 6.61. The molecule has 31 heavy (non-hydrogen) atoms. The van der Waals surface area contributed by atoms with Gasteiger partial charge in [0, 0.05) is 32.7 Å². The predicted molar refractivity (Wildman–Crippen MR) is 124 cm³/mol. The van der Waals surface area contributed by atoms with Gasteiger partial charge in [0.25, 0.3) is 0 Å². The van der Waals surface area contributed by atoms with Crippen LogP contribution in [0.5, 0.6) is 0 Å². The van der Waals surface area contributed by atoms with Gasteiger partial charge in [0.2, 0.25) is 0 Å². The highest BCUT2D eigenvalue weighted by Gasteiger charge is 2.16. The van der Waals surface area contributed by atoms with Crippen LogP contribution in [-0.2, 0) is 9.59 Å². The van der Waals surface area contributed by atoms with E-state index in [2.05, 4.69) is 15.8 Å². The van der Waals surface area contributed by atoms with E-state index in [0.717, 1.165) is 28.2 Å². The predicted octanol–water partition coefficient (Wildman–Crippen LogP) is 4.73. The van der Waals surface area contributed by atoms with Crippen molar-refractivity contribution in [3.05, 3.63) is 87.2 Å². The van der Waals surface area contributed by atoms with E-state index in [0.29, 0.717) is 10.0 Å². The largest absolute Gasteiger partial charge is 0.341 e. The first kappa shape index (κ1) is 22.6. The van der Waals surface area contributed by atoms with Gasteiger partial charge in [-0.2, -0.15) is 5.10 Å². The molecule has 0 spiro atoms. The van der Waals surface area contributed by atoms with Crippen molar-refractivity contribution in [2.45, 2.75) is 26.8 Å². The lowest BCUT2D eigenvalue weighted by Crippen LogP contribution is -2.39. The smallest absolute Gasteiger partial charge is 0.329 e. The summed E-state index contributed by atoms with van der Waals surface area (Å²) in [6.07, 6.45) is 1.50. The molecule has 160 valence electrons. The monoisotopic (exact) mass is 456 g/mol. The van der Waals surface area contributed by atoms with Crippen molar-refractivity contribution >= 4 is 41.2 Å². The molecule has 1 atom stereocenters. The van der Waals surface area contributed by atoms with Crippen LogP contribution in [0.3, 0.4) is 0 Å². The molecule has 0 unspecified atom stereocenters. The molecule has 0 aliphatic rings. The van der Waals surface area contributed by atoms with E-state index < -0.39 is 11.8 Å².